The van der Waals surface area contributed by atoms with Crippen LogP contribution in [0.15, 0.2) is 6.33 Å². The molecule has 0 aromatic carbocycles. The molecule has 6 heteroatoms. The number of nitrogens with zero attached hydrogens (tertiary/aromatic N) is 1. The number of carbonyl (C=O) groups excluding carboxylic acids is 1. The van der Waals surface area contributed by atoms with E-state index in [-0.39, 0.29) is 12.1 Å². The molecule has 1 atom stereocenters. The second kappa shape index (κ2) is 6.47. The SMILES string of the molecule is Cc1[nH]cnc1CNCC(NC(=O)OC(C)(C)C)C1CC1. The van der Waals surface area contributed by atoms with Crippen molar-refractivity contribution in [1.82, 2.24) is 20.6 Å². The van der Waals surface area contributed by atoms with Gasteiger partial charge in [-0.25, -0.2) is 9.78 Å². The molecular formula is C15H26N4O2. The number of carbonyl (C=O) groups is 1. The summed E-state index contributed by atoms with van der Waals surface area (Å²) in [5.41, 5.74) is 1.63. The van der Waals surface area contributed by atoms with Gasteiger partial charge in [-0.05, 0) is 46.5 Å². The van der Waals surface area contributed by atoms with Gasteiger partial charge in [0.1, 0.15) is 5.60 Å². The normalized spacial score (nSPS) is 16.6. The number of nitrogens with one attached hydrogen (secondary N) is 3. The summed E-state index contributed by atoms with van der Waals surface area (Å²) in [4.78, 5) is 19.2. The van der Waals surface area contributed by atoms with E-state index in [9.17, 15) is 4.79 Å². The molecule has 0 spiro atoms. The van der Waals surface area contributed by atoms with Crippen molar-refractivity contribution in [1.29, 1.82) is 0 Å². The molecule has 6 nitrogen and oxygen atoms in total. The molecule has 118 valence electrons. The third kappa shape index (κ3) is 5.38. The number of H-pyrrole nitrogens is 1. The highest BCUT2D eigenvalue weighted by molar-refractivity contribution is 5.68. The van der Waals surface area contributed by atoms with Crippen LogP contribution in [0.1, 0.15) is 45.0 Å². The summed E-state index contributed by atoms with van der Waals surface area (Å²) in [7, 11) is 0. The van der Waals surface area contributed by atoms with Gasteiger partial charge < -0.3 is 20.4 Å². The first kappa shape index (κ1) is 15.8. The monoisotopic (exact) mass is 294 g/mol. The Kier molecular flexibility index (Phi) is 4.88. The molecule has 1 amide bonds. The molecule has 0 radical (unpaired) electrons. The molecule has 1 aliphatic carbocycles. The number of aryl methyl sites for hydroxylation is 1. The van der Waals surface area contributed by atoms with Gasteiger partial charge in [-0.3, -0.25) is 0 Å². The predicted molar refractivity (Wildman–Crippen MR) is 80.9 cm³/mol. The fourth-order valence-electron chi connectivity index (χ4n) is 2.20. The van der Waals surface area contributed by atoms with Gasteiger partial charge in [0.05, 0.1) is 12.0 Å². The maximum Gasteiger partial charge on any atom is 0.407 e. The fourth-order valence-corrected chi connectivity index (χ4v) is 2.20. The Bertz CT molecular complexity index is 474. The summed E-state index contributed by atoms with van der Waals surface area (Å²) < 4.78 is 5.32. The average Bonchev–Trinajstić information content (AvgIpc) is 3.11. The van der Waals surface area contributed by atoms with E-state index in [0.29, 0.717) is 12.5 Å². The first-order chi connectivity index (χ1) is 9.85. The van der Waals surface area contributed by atoms with Crippen molar-refractivity contribution in [2.45, 2.75) is 58.7 Å². The maximum absolute atomic E-state index is 11.9. The first-order valence-corrected chi connectivity index (χ1v) is 7.54. The van der Waals surface area contributed by atoms with Crippen molar-refractivity contribution in [3.8, 4) is 0 Å². The number of imidazole rings is 1. The maximum atomic E-state index is 11.9. The van der Waals surface area contributed by atoms with Crippen LogP contribution in [0.25, 0.3) is 0 Å². The van der Waals surface area contributed by atoms with Gasteiger partial charge in [-0.15, -0.1) is 0 Å². The second-order valence-corrected chi connectivity index (χ2v) is 6.70. The van der Waals surface area contributed by atoms with Crippen LogP contribution < -0.4 is 10.6 Å². The van der Waals surface area contributed by atoms with Gasteiger partial charge in [0, 0.05) is 24.8 Å². The standard InChI is InChI=1S/C15H26N4O2/c1-10-12(18-9-17-10)7-16-8-13(11-5-6-11)19-14(20)21-15(2,3)4/h9,11,13,16H,5-8H2,1-4H3,(H,17,18)(H,19,20). The number of hydrogen-bond acceptors (Lipinski definition) is 4. The summed E-state index contributed by atoms with van der Waals surface area (Å²) in [6.07, 6.45) is 3.70. The summed E-state index contributed by atoms with van der Waals surface area (Å²) >= 11 is 0. The molecule has 1 heterocycles. The van der Waals surface area contributed by atoms with Crippen molar-refractivity contribution in [3.63, 3.8) is 0 Å². The van der Waals surface area contributed by atoms with E-state index in [1.54, 1.807) is 6.33 Å². The van der Waals surface area contributed by atoms with E-state index in [2.05, 4.69) is 20.6 Å². The zero-order chi connectivity index (χ0) is 15.5. The van der Waals surface area contributed by atoms with Crippen LogP contribution in [0.5, 0.6) is 0 Å². The van der Waals surface area contributed by atoms with E-state index in [4.69, 9.17) is 4.74 Å². The zero-order valence-corrected chi connectivity index (χ0v) is 13.3. The minimum absolute atomic E-state index is 0.124. The number of ether oxygens (including phenoxy) is 1. The van der Waals surface area contributed by atoms with Crippen LogP contribution in [0.4, 0.5) is 4.79 Å². The molecule has 1 saturated carbocycles. The Morgan fingerprint density at radius 1 is 1.52 bits per heavy atom. The van der Waals surface area contributed by atoms with Crippen LogP contribution in [0.3, 0.4) is 0 Å². The number of rotatable bonds is 6. The van der Waals surface area contributed by atoms with Crippen molar-refractivity contribution < 1.29 is 9.53 Å². The number of aromatic nitrogens is 2. The lowest BCUT2D eigenvalue weighted by atomic mass is 10.2. The van der Waals surface area contributed by atoms with Crippen molar-refractivity contribution in [2.75, 3.05) is 6.54 Å². The Labute approximate surface area is 126 Å². The van der Waals surface area contributed by atoms with Crippen LogP contribution in [0.2, 0.25) is 0 Å². The Hall–Kier alpha value is -1.56. The predicted octanol–water partition coefficient (Wildman–Crippen LogP) is 2.11. The number of amides is 1. The Balaban J connectivity index is 1.77. The summed E-state index contributed by atoms with van der Waals surface area (Å²) in [5, 5.41) is 6.34. The van der Waals surface area contributed by atoms with E-state index >= 15 is 0 Å². The van der Waals surface area contributed by atoms with E-state index in [1.807, 2.05) is 27.7 Å². The number of aromatic amines is 1. The van der Waals surface area contributed by atoms with Gasteiger partial charge in [0.25, 0.3) is 0 Å². The minimum atomic E-state index is -0.461. The molecule has 0 saturated heterocycles. The highest BCUT2D eigenvalue weighted by Gasteiger charge is 2.33. The molecule has 3 N–H and O–H groups in total. The molecular weight excluding hydrogens is 268 g/mol. The summed E-state index contributed by atoms with van der Waals surface area (Å²) in [5.74, 6) is 0.560. The second-order valence-electron chi connectivity index (χ2n) is 6.70. The lowest BCUT2D eigenvalue weighted by Crippen LogP contribution is -2.45. The molecule has 0 bridgehead atoms. The highest BCUT2D eigenvalue weighted by Crippen LogP contribution is 2.32. The lowest BCUT2D eigenvalue weighted by molar-refractivity contribution is 0.0497. The molecule has 1 aromatic rings. The van der Waals surface area contributed by atoms with Crippen molar-refractivity contribution in [3.05, 3.63) is 17.7 Å². The van der Waals surface area contributed by atoms with Crippen molar-refractivity contribution >= 4 is 6.09 Å². The van der Waals surface area contributed by atoms with Gasteiger partial charge in [-0.2, -0.15) is 0 Å². The van der Waals surface area contributed by atoms with E-state index in [0.717, 1.165) is 17.9 Å². The van der Waals surface area contributed by atoms with Crippen LogP contribution in [-0.4, -0.2) is 34.2 Å². The fraction of sp³-hybridized carbons (Fsp3) is 0.733. The topological polar surface area (TPSA) is 79.0 Å². The van der Waals surface area contributed by atoms with Gasteiger partial charge in [0.2, 0.25) is 0 Å². The van der Waals surface area contributed by atoms with Gasteiger partial charge in [-0.1, -0.05) is 0 Å². The highest BCUT2D eigenvalue weighted by atomic mass is 16.6. The molecule has 1 fully saturated rings. The van der Waals surface area contributed by atoms with E-state index < -0.39 is 5.60 Å². The van der Waals surface area contributed by atoms with E-state index in [1.165, 1.54) is 12.8 Å². The average molecular weight is 294 g/mol. The van der Waals surface area contributed by atoms with Gasteiger partial charge >= 0.3 is 6.09 Å². The molecule has 1 aromatic heterocycles. The van der Waals surface area contributed by atoms with Gasteiger partial charge in [0.15, 0.2) is 0 Å². The quantitative estimate of drug-likeness (QED) is 0.751. The minimum Gasteiger partial charge on any atom is -0.444 e. The zero-order valence-electron chi connectivity index (χ0n) is 13.3. The molecule has 1 aliphatic rings. The molecule has 1 unspecified atom stereocenters. The Morgan fingerprint density at radius 3 is 2.76 bits per heavy atom. The number of alkyl carbamates (subject to hydrolysis) is 1. The lowest BCUT2D eigenvalue weighted by Gasteiger charge is -2.23. The van der Waals surface area contributed by atoms with Crippen LogP contribution in [-0.2, 0) is 11.3 Å². The molecule has 21 heavy (non-hydrogen) atoms. The first-order valence-electron chi connectivity index (χ1n) is 7.54. The third-order valence-electron chi connectivity index (χ3n) is 3.48. The van der Waals surface area contributed by atoms with Crippen LogP contribution in [0, 0.1) is 12.8 Å². The summed E-state index contributed by atoms with van der Waals surface area (Å²) in [6, 6.07) is 0.124. The third-order valence-corrected chi connectivity index (χ3v) is 3.48. The molecule has 0 aliphatic heterocycles. The molecule has 2 rings (SSSR count). The Morgan fingerprint density at radius 2 is 2.24 bits per heavy atom. The van der Waals surface area contributed by atoms with Crippen molar-refractivity contribution in [2.24, 2.45) is 5.92 Å². The van der Waals surface area contributed by atoms with Crippen LogP contribution >= 0.6 is 0 Å². The largest absolute Gasteiger partial charge is 0.444 e. The smallest absolute Gasteiger partial charge is 0.407 e. The summed E-state index contributed by atoms with van der Waals surface area (Å²) in [6.45, 7) is 9.05. The number of hydrogen-bond donors (Lipinski definition) is 3.